The lowest BCUT2D eigenvalue weighted by atomic mass is 10.0. The molecule has 5 aromatic rings. The van der Waals surface area contributed by atoms with Gasteiger partial charge in [0.25, 0.3) is 0 Å². The van der Waals surface area contributed by atoms with Crippen molar-refractivity contribution in [2.75, 3.05) is 24.7 Å². The Bertz CT molecular complexity index is 1380. The summed E-state index contributed by atoms with van der Waals surface area (Å²) in [6.07, 6.45) is 15.0. The molecule has 0 aliphatic rings. The van der Waals surface area contributed by atoms with Crippen molar-refractivity contribution in [2.24, 2.45) is 0 Å². The van der Waals surface area contributed by atoms with E-state index < -0.39 is 0 Å². The second-order valence-corrected chi connectivity index (χ2v) is 14.3. The quantitative estimate of drug-likeness (QED) is 0.0421. The maximum Gasteiger partial charge on any atom is 0.135 e. The summed E-state index contributed by atoms with van der Waals surface area (Å²) in [6, 6.07) is 38.7. The third-order valence-electron chi connectivity index (χ3n) is 8.43. The van der Waals surface area contributed by atoms with E-state index in [1.807, 2.05) is 23.5 Å². The third kappa shape index (κ3) is 11.0. The monoisotopic (exact) mass is 650 g/mol. The van der Waals surface area contributed by atoms with Gasteiger partial charge < -0.3 is 9.47 Å². The first kappa shape index (κ1) is 34.3. The minimum atomic E-state index is 0.753. The minimum Gasteiger partial charge on any atom is -0.492 e. The Labute approximate surface area is 285 Å². The number of ether oxygens (including phenoxy) is 2. The Balaban J connectivity index is 1.02. The molecule has 0 N–H and O–H groups in total. The van der Waals surface area contributed by atoms with Crippen molar-refractivity contribution in [1.29, 1.82) is 0 Å². The molecule has 0 amide bonds. The molecule has 0 bridgehead atoms. The van der Waals surface area contributed by atoms with E-state index in [9.17, 15) is 0 Å². The standard InChI is InChI=1S/C42H50O2S2/c1(3-7-21-33-45-35-23-11-9-12-24-35)5-19-31-43-41-37-27-15-17-29-39(37)42(40-30-18-16-28-38(40)41)44-32-20-6-2-4-8-22-34-46-36-25-13-10-14-26-36/h9-18,23-30H,1-8,19-22,31-34H2. The average Bonchev–Trinajstić information content (AvgIpc) is 3.11. The summed E-state index contributed by atoms with van der Waals surface area (Å²) >= 11 is 3.94. The summed E-state index contributed by atoms with van der Waals surface area (Å²) < 4.78 is 13.1. The van der Waals surface area contributed by atoms with Crippen LogP contribution in [0.25, 0.3) is 21.5 Å². The summed E-state index contributed by atoms with van der Waals surface area (Å²) in [6.45, 7) is 1.51. The maximum atomic E-state index is 6.54. The van der Waals surface area contributed by atoms with E-state index in [4.69, 9.17) is 9.47 Å². The second-order valence-electron chi connectivity index (χ2n) is 12.0. The van der Waals surface area contributed by atoms with Crippen molar-refractivity contribution in [3.63, 3.8) is 0 Å². The predicted molar refractivity (Wildman–Crippen MR) is 202 cm³/mol. The lowest BCUT2D eigenvalue weighted by Crippen LogP contribution is -2.02. The van der Waals surface area contributed by atoms with Gasteiger partial charge in [0.1, 0.15) is 11.5 Å². The van der Waals surface area contributed by atoms with Crippen molar-refractivity contribution >= 4 is 45.1 Å². The van der Waals surface area contributed by atoms with E-state index in [0.29, 0.717) is 0 Å². The topological polar surface area (TPSA) is 18.5 Å². The summed E-state index contributed by atoms with van der Waals surface area (Å²) in [5.41, 5.74) is 0. The van der Waals surface area contributed by atoms with Crippen LogP contribution >= 0.6 is 23.5 Å². The Morgan fingerprint density at radius 1 is 0.326 bits per heavy atom. The first-order valence-corrected chi connectivity index (χ1v) is 19.4. The van der Waals surface area contributed by atoms with E-state index in [-0.39, 0.29) is 0 Å². The zero-order chi connectivity index (χ0) is 31.5. The molecule has 4 heteroatoms. The Morgan fingerprint density at radius 3 is 1.00 bits per heavy atom. The van der Waals surface area contributed by atoms with Crippen molar-refractivity contribution < 1.29 is 9.47 Å². The number of rotatable bonds is 22. The van der Waals surface area contributed by atoms with Crippen LogP contribution in [-0.4, -0.2) is 24.7 Å². The molecule has 0 unspecified atom stereocenters. The van der Waals surface area contributed by atoms with Crippen LogP contribution in [0.5, 0.6) is 11.5 Å². The van der Waals surface area contributed by atoms with Gasteiger partial charge in [-0.05, 0) is 61.5 Å². The molecular formula is C42H50O2S2. The Morgan fingerprint density at radius 2 is 0.630 bits per heavy atom. The van der Waals surface area contributed by atoms with Crippen LogP contribution in [0.15, 0.2) is 119 Å². The summed E-state index contributed by atoms with van der Waals surface area (Å²) in [4.78, 5) is 2.76. The number of thioether (sulfide) groups is 2. The van der Waals surface area contributed by atoms with E-state index in [2.05, 4.69) is 109 Å². The zero-order valence-corrected chi connectivity index (χ0v) is 29.0. The lowest BCUT2D eigenvalue weighted by Gasteiger charge is -2.18. The van der Waals surface area contributed by atoms with Gasteiger partial charge in [-0.3, -0.25) is 0 Å². The van der Waals surface area contributed by atoms with Crippen LogP contribution in [0.3, 0.4) is 0 Å². The molecule has 0 aliphatic heterocycles. The third-order valence-corrected chi connectivity index (χ3v) is 10.6. The maximum absolute atomic E-state index is 6.54. The smallest absolute Gasteiger partial charge is 0.135 e. The van der Waals surface area contributed by atoms with Gasteiger partial charge >= 0.3 is 0 Å². The Hall–Kier alpha value is -3.08. The van der Waals surface area contributed by atoms with Crippen LogP contribution in [0, 0.1) is 0 Å². The highest BCUT2D eigenvalue weighted by Gasteiger charge is 2.15. The van der Waals surface area contributed by atoms with Crippen LogP contribution in [0.1, 0.15) is 77.0 Å². The highest BCUT2D eigenvalue weighted by atomic mass is 32.2. The van der Waals surface area contributed by atoms with Gasteiger partial charge in [0.2, 0.25) is 0 Å². The fourth-order valence-electron chi connectivity index (χ4n) is 5.94. The molecule has 0 atom stereocenters. The minimum absolute atomic E-state index is 0.753. The number of hydrogen-bond acceptors (Lipinski definition) is 4. The molecule has 5 aromatic carbocycles. The molecule has 0 saturated heterocycles. The van der Waals surface area contributed by atoms with Crippen molar-refractivity contribution in [3.05, 3.63) is 109 Å². The van der Waals surface area contributed by atoms with E-state index >= 15 is 0 Å². The van der Waals surface area contributed by atoms with Gasteiger partial charge in [-0.25, -0.2) is 0 Å². The molecule has 0 aliphatic carbocycles. The van der Waals surface area contributed by atoms with Crippen LogP contribution in [0.4, 0.5) is 0 Å². The highest BCUT2D eigenvalue weighted by molar-refractivity contribution is 7.99. The van der Waals surface area contributed by atoms with E-state index in [1.54, 1.807) is 0 Å². The number of fused-ring (bicyclic) bond motifs is 2. The molecule has 46 heavy (non-hydrogen) atoms. The first-order chi connectivity index (χ1) is 22.9. The van der Waals surface area contributed by atoms with Gasteiger partial charge in [0.05, 0.1) is 13.2 Å². The van der Waals surface area contributed by atoms with Gasteiger partial charge in [0, 0.05) is 31.3 Å². The zero-order valence-electron chi connectivity index (χ0n) is 27.3. The average molecular weight is 651 g/mol. The van der Waals surface area contributed by atoms with Crippen molar-refractivity contribution in [2.45, 2.75) is 86.8 Å². The largest absolute Gasteiger partial charge is 0.492 e. The molecule has 0 aromatic heterocycles. The van der Waals surface area contributed by atoms with Gasteiger partial charge in [-0.2, -0.15) is 0 Å². The first-order valence-electron chi connectivity index (χ1n) is 17.4. The van der Waals surface area contributed by atoms with E-state index in [0.717, 1.165) is 59.1 Å². The van der Waals surface area contributed by atoms with Crippen LogP contribution in [0.2, 0.25) is 0 Å². The summed E-state index contributed by atoms with van der Waals surface area (Å²) in [5, 5.41) is 4.61. The lowest BCUT2D eigenvalue weighted by molar-refractivity contribution is 0.306. The number of benzene rings is 5. The van der Waals surface area contributed by atoms with Gasteiger partial charge in [0.15, 0.2) is 0 Å². The molecule has 0 fully saturated rings. The molecule has 2 nitrogen and oxygen atoms in total. The molecule has 0 spiro atoms. The molecule has 0 heterocycles. The SMILES string of the molecule is c1ccc(SCCCCCCCCOc2c3ccccc3c(OCCCCCCCCSc3ccccc3)c3ccccc23)cc1. The molecular weight excluding hydrogens is 601 g/mol. The second kappa shape index (κ2) is 20.2. The highest BCUT2D eigenvalue weighted by Crippen LogP contribution is 2.42. The number of unbranched alkanes of at least 4 members (excludes halogenated alkanes) is 10. The van der Waals surface area contributed by atoms with Gasteiger partial charge in [-0.1, -0.05) is 136 Å². The summed E-state index contributed by atoms with van der Waals surface area (Å²) in [5.74, 6) is 4.42. The number of hydrogen-bond donors (Lipinski definition) is 0. The fraction of sp³-hybridized carbons (Fsp3) is 0.381. The van der Waals surface area contributed by atoms with E-state index in [1.165, 1.54) is 85.5 Å². The normalized spacial score (nSPS) is 11.3. The van der Waals surface area contributed by atoms with Crippen molar-refractivity contribution in [1.82, 2.24) is 0 Å². The fourth-order valence-corrected chi connectivity index (χ4v) is 7.81. The molecule has 5 rings (SSSR count). The molecule has 0 saturated carbocycles. The predicted octanol–water partition coefficient (Wildman–Crippen LogP) is 13.0. The molecule has 0 radical (unpaired) electrons. The summed E-state index contributed by atoms with van der Waals surface area (Å²) in [7, 11) is 0. The van der Waals surface area contributed by atoms with Crippen LogP contribution < -0.4 is 9.47 Å². The molecule has 242 valence electrons. The van der Waals surface area contributed by atoms with Gasteiger partial charge in [-0.15, -0.1) is 23.5 Å². The van der Waals surface area contributed by atoms with Crippen LogP contribution in [-0.2, 0) is 0 Å². The van der Waals surface area contributed by atoms with Crippen molar-refractivity contribution in [3.8, 4) is 11.5 Å². The Kier molecular flexibility index (Phi) is 15.1.